The van der Waals surface area contributed by atoms with Crippen molar-refractivity contribution in [2.24, 2.45) is 5.92 Å². The van der Waals surface area contributed by atoms with Gasteiger partial charge in [-0.3, -0.25) is 4.90 Å². The molecule has 1 amide bonds. The second-order valence-corrected chi connectivity index (χ2v) is 10.3. The van der Waals surface area contributed by atoms with Gasteiger partial charge < -0.3 is 20.1 Å². The maximum absolute atomic E-state index is 12.2. The largest absolute Gasteiger partial charge is 0.459 e. The number of likely N-dealkylation sites (tertiary alicyclic amines) is 1. The fourth-order valence-electron chi connectivity index (χ4n) is 4.11. The molecular formula is C24H41N7O3. The Labute approximate surface area is 202 Å². The Bertz CT molecular complexity index is 948. The van der Waals surface area contributed by atoms with Crippen LogP contribution in [0.15, 0.2) is 6.20 Å². The highest BCUT2D eigenvalue weighted by Gasteiger charge is 2.25. The van der Waals surface area contributed by atoms with Crippen molar-refractivity contribution in [3.05, 3.63) is 11.9 Å². The number of hydrogen-bond donors (Lipinski definition) is 1. The molecule has 3 rings (SSSR count). The molecule has 0 saturated carbocycles. The van der Waals surface area contributed by atoms with Gasteiger partial charge in [0.05, 0.1) is 18.0 Å². The summed E-state index contributed by atoms with van der Waals surface area (Å²) in [5, 5.41) is 4.57. The predicted molar refractivity (Wildman–Crippen MR) is 132 cm³/mol. The van der Waals surface area contributed by atoms with E-state index < -0.39 is 0 Å². The zero-order valence-electron chi connectivity index (χ0n) is 21.6. The fraction of sp³-hybridized carbons (Fsp3) is 0.750. The van der Waals surface area contributed by atoms with E-state index in [1.165, 1.54) is 0 Å². The van der Waals surface area contributed by atoms with Gasteiger partial charge in [-0.2, -0.15) is 4.98 Å². The van der Waals surface area contributed by atoms with Crippen molar-refractivity contribution >= 4 is 17.6 Å². The maximum atomic E-state index is 12.2. The molecule has 10 nitrogen and oxygen atoms in total. The van der Waals surface area contributed by atoms with Crippen LogP contribution in [0.4, 0.5) is 10.6 Å². The zero-order chi connectivity index (χ0) is 24.9. The minimum absolute atomic E-state index is 0.0336. The quantitative estimate of drug-likeness (QED) is 0.587. The Morgan fingerprint density at radius 2 is 2.03 bits per heavy atom. The number of piperidine rings is 1. The van der Waals surface area contributed by atoms with E-state index in [2.05, 4.69) is 26.9 Å². The van der Waals surface area contributed by atoms with E-state index in [-0.39, 0.29) is 17.7 Å². The maximum Gasteiger partial charge on any atom is 0.409 e. The number of aromatic nitrogens is 4. The summed E-state index contributed by atoms with van der Waals surface area (Å²) < 4.78 is 13.1. The summed E-state index contributed by atoms with van der Waals surface area (Å²) >= 11 is 0. The highest BCUT2D eigenvalue weighted by Crippen LogP contribution is 2.24. The van der Waals surface area contributed by atoms with Crippen molar-refractivity contribution in [2.75, 3.05) is 39.0 Å². The van der Waals surface area contributed by atoms with Gasteiger partial charge in [0.1, 0.15) is 6.61 Å². The highest BCUT2D eigenvalue weighted by atomic mass is 16.6. The molecule has 3 heterocycles. The first-order valence-corrected chi connectivity index (χ1v) is 12.4. The fourth-order valence-corrected chi connectivity index (χ4v) is 4.11. The Morgan fingerprint density at radius 3 is 2.68 bits per heavy atom. The Morgan fingerprint density at radius 1 is 1.32 bits per heavy atom. The lowest BCUT2D eigenvalue weighted by Crippen LogP contribution is -2.44. The van der Waals surface area contributed by atoms with Gasteiger partial charge in [0.2, 0.25) is 0 Å². The van der Waals surface area contributed by atoms with E-state index in [0.717, 1.165) is 57.4 Å². The zero-order valence-corrected chi connectivity index (χ0v) is 21.6. The monoisotopic (exact) mass is 475 g/mol. The molecule has 1 atom stereocenters. The molecule has 1 saturated heterocycles. The highest BCUT2D eigenvalue weighted by molar-refractivity contribution is 5.68. The van der Waals surface area contributed by atoms with Gasteiger partial charge in [0.15, 0.2) is 11.5 Å². The molecule has 2 aromatic heterocycles. The Kier molecular flexibility index (Phi) is 8.57. The van der Waals surface area contributed by atoms with Crippen molar-refractivity contribution in [3.63, 3.8) is 0 Å². The van der Waals surface area contributed by atoms with E-state index in [1.54, 1.807) is 16.5 Å². The summed E-state index contributed by atoms with van der Waals surface area (Å²) in [6.07, 6.45) is 6.59. The molecule has 0 spiro atoms. The minimum Gasteiger partial charge on any atom is -0.459 e. The Balaban J connectivity index is 1.50. The molecule has 0 radical (unpaired) electrons. The van der Waals surface area contributed by atoms with Crippen LogP contribution in [0.2, 0.25) is 0 Å². The van der Waals surface area contributed by atoms with Crippen molar-refractivity contribution in [1.82, 2.24) is 29.4 Å². The second kappa shape index (κ2) is 11.2. The van der Waals surface area contributed by atoms with Crippen LogP contribution >= 0.6 is 0 Å². The summed E-state index contributed by atoms with van der Waals surface area (Å²) in [7, 11) is 1.77. The molecule has 1 aliphatic heterocycles. The van der Waals surface area contributed by atoms with Gasteiger partial charge in [-0.25, -0.2) is 14.3 Å². The third kappa shape index (κ3) is 6.71. The third-order valence-corrected chi connectivity index (χ3v) is 6.56. The number of nitrogens with two attached hydrogens (primary N) is 1. The second-order valence-electron chi connectivity index (χ2n) is 10.3. The minimum atomic E-state index is -0.274. The number of carbonyl (C=O) groups excluding carboxylic acids is 1. The van der Waals surface area contributed by atoms with E-state index in [1.807, 2.05) is 33.9 Å². The van der Waals surface area contributed by atoms with Gasteiger partial charge in [0, 0.05) is 19.1 Å². The lowest BCUT2D eigenvalue weighted by Gasteiger charge is -2.33. The molecule has 34 heavy (non-hydrogen) atoms. The molecule has 2 aromatic rings. The number of rotatable bonds is 9. The summed E-state index contributed by atoms with van der Waals surface area (Å²) in [6, 6.07) is 0.298. The molecule has 0 aliphatic carbocycles. The molecule has 0 unspecified atom stereocenters. The molecule has 1 aliphatic rings. The van der Waals surface area contributed by atoms with E-state index in [4.69, 9.17) is 15.2 Å². The van der Waals surface area contributed by atoms with Crippen LogP contribution in [-0.2, 0) is 11.2 Å². The van der Waals surface area contributed by atoms with Crippen LogP contribution in [0.3, 0.4) is 0 Å². The van der Waals surface area contributed by atoms with Crippen LogP contribution in [-0.4, -0.2) is 80.4 Å². The standard InChI is InChI=1S/C24H41N7O3/c1-7-8-17(2)34-22-27-20(25)21-26-16-19(31(21)28-22)15-18-9-11-30(12-10-18)13-14-33-23(32)29(6)24(3,4)5/h16-18H,7-15H2,1-6H3,(H2,25,27,28)/t17-/m0/s1. The molecule has 0 aromatic carbocycles. The van der Waals surface area contributed by atoms with Crippen molar-refractivity contribution in [3.8, 4) is 6.01 Å². The van der Waals surface area contributed by atoms with Crippen LogP contribution in [0.25, 0.3) is 5.65 Å². The van der Waals surface area contributed by atoms with Crippen LogP contribution in [0.5, 0.6) is 6.01 Å². The number of imidazole rings is 1. The number of carbonyl (C=O) groups is 1. The van der Waals surface area contributed by atoms with Gasteiger partial charge in [-0.05, 0) is 72.4 Å². The number of nitrogens with zero attached hydrogens (tertiary/aromatic N) is 6. The smallest absolute Gasteiger partial charge is 0.409 e. The van der Waals surface area contributed by atoms with Crippen molar-refractivity contribution < 1.29 is 14.3 Å². The topological polar surface area (TPSA) is 111 Å². The summed E-state index contributed by atoms with van der Waals surface area (Å²) in [5.41, 5.74) is 7.47. The van der Waals surface area contributed by atoms with E-state index in [9.17, 15) is 4.79 Å². The van der Waals surface area contributed by atoms with E-state index in [0.29, 0.717) is 30.0 Å². The number of nitrogen functional groups attached to an aromatic ring is 1. The number of fused-ring (bicyclic) bond motifs is 1. The number of ether oxygens (including phenoxy) is 2. The molecule has 10 heteroatoms. The number of amides is 1. The molecule has 190 valence electrons. The Hall–Kier alpha value is -2.62. The lowest BCUT2D eigenvalue weighted by molar-refractivity contribution is 0.0672. The predicted octanol–water partition coefficient (Wildman–Crippen LogP) is 3.40. The van der Waals surface area contributed by atoms with Gasteiger partial charge in [0.25, 0.3) is 0 Å². The van der Waals surface area contributed by atoms with Crippen LogP contribution < -0.4 is 10.5 Å². The first-order valence-electron chi connectivity index (χ1n) is 12.4. The summed E-state index contributed by atoms with van der Waals surface area (Å²) in [6.45, 7) is 13.2. The summed E-state index contributed by atoms with van der Waals surface area (Å²) in [4.78, 5) is 24.9. The SMILES string of the molecule is CCC[C@H](C)Oc1nc(N)c2ncc(CC3CCN(CCOC(=O)N(C)C(C)(C)C)CC3)n2n1. The first kappa shape index (κ1) is 26.0. The van der Waals surface area contributed by atoms with Crippen LogP contribution in [0.1, 0.15) is 66.0 Å². The normalized spacial score (nSPS) is 16.5. The summed E-state index contributed by atoms with van der Waals surface area (Å²) in [5.74, 6) is 0.867. The average Bonchev–Trinajstić information content (AvgIpc) is 3.17. The number of anilines is 1. The third-order valence-electron chi connectivity index (χ3n) is 6.56. The van der Waals surface area contributed by atoms with Gasteiger partial charge in [-0.1, -0.05) is 13.3 Å². The van der Waals surface area contributed by atoms with Gasteiger partial charge in [-0.15, -0.1) is 5.10 Å². The van der Waals surface area contributed by atoms with Crippen molar-refractivity contribution in [1.29, 1.82) is 0 Å². The molecule has 2 N–H and O–H groups in total. The number of hydrogen-bond acceptors (Lipinski definition) is 8. The molecule has 1 fully saturated rings. The van der Waals surface area contributed by atoms with Crippen molar-refractivity contribution in [2.45, 2.75) is 78.4 Å². The molecule has 0 bridgehead atoms. The molecular weight excluding hydrogens is 434 g/mol. The van der Waals surface area contributed by atoms with Crippen LogP contribution in [0, 0.1) is 5.92 Å². The first-order chi connectivity index (χ1) is 16.1. The van der Waals surface area contributed by atoms with E-state index >= 15 is 0 Å². The average molecular weight is 476 g/mol. The van der Waals surface area contributed by atoms with Gasteiger partial charge >= 0.3 is 12.1 Å². The lowest BCUT2D eigenvalue weighted by atomic mass is 9.92.